The Morgan fingerprint density at radius 3 is 2.29 bits per heavy atom. The third kappa shape index (κ3) is 4.47. The molecule has 4 fully saturated rings. The molecule has 0 radical (unpaired) electrons. The third-order valence-electron chi connectivity index (χ3n) is 12.8. The number of Topliss-reactive ketones (excluding diaryl/α,β-unsaturated/α-hetero) is 1. The lowest BCUT2D eigenvalue weighted by molar-refractivity contribution is -0.142. The van der Waals surface area contributed by atoms with E-state index in [1.165, 1.54) is 0 Å². The highest BCUT2D eigenvalue weighted by atomic mass is 16.6. The summed E-state index contributed by atoms with van der Waals surface area (Å²) in [7, 11) is 0. The molecule has 4 rings (SSSR count). The van der Waals surface area contributed by atoms with Crippen LogP contribution in [0, 0.1) is 55.7 Å². The predicted molar refractivity (Wildman–Crippen MR) is 161 cm³/mol. The fourth-order valence-electron chi connectivity index (χ4n) is 9.85. The second-order valence-electron chi connectivity index (χ2n) is 16.4. The van der Waals surface area contributed by atoms with Crippen molar-refractivity contribution in [3.05, 3.63) is 11.6 Å². The highest BCUT2D eigenvalue weighted by Crippen LogP contribution is 2.73. The van der Waals surface area contributed by atoms with Gasteiger partial charge in [0, 0.05) is 17.4 Å². The first-order valence-corrected chi connectivity index (χ1v) is 15.9. The summed E-state index contributed by atoms with van der Waals surface area (Å²) in [5, 5.41) is 13.3. The molecule has 6 nitrogen and oxygen atoms in total. The van der Waals surface area contributed by atoms with E-state index < -0.39 is 27.9 Å². The van der Waals surface area contributed by atoms with E-state index in [1.54, 1.807) is 13.0 Å². The van der Waals surface area contributed by atoms with Crippen molar-refractivity contribution in [2.24, 2.45) is 44.3 Å². The maximum Gasteiger partial charge on any atom is 0.240 e. The van der Waals surface area contributed by atoms with Gasteiger partial charge in [-0.3, -0.25) is 14.4 Å². The summed E-state index contributed by atoms with van der Waals surface area (Å²) in [5.74, 6) is 0.264. The Balaban J connectivity index is 1.75. The first-order valence-electron chi connectivity index (χ1n) is 15.9. The van der Waals surface area contributed by atoms with Crippen LogP contribution in [0.4, 0.5) is 0 Å². The van der Waals surface area contributed by atoms with Gasteiger partial charge in [-0.2, -0.15) is 5.26 Å². The van der Waals surface area contributed by atoms with Crippen LogP contribution in [0.25, 0.3) is 0 Å². The van der Waals surface area contributed by atoms with Crippen molar-refractivity contribution in [3.8, 4) is 6.07 Å². The van der Waals surface area contributed by atoms with Crippen molar-refractivity contribution in [1.82, 2.24) is 5.32 Å². The van der Waals surface area contributed by atoms with E-state index in [0.717, 1.165) is 50.5 Å². The molecule has 1 aliphatic heterocycles. The van der Waals surface area contributed by atoms with Crippen molar-refractivity contribution in [2.75, 3.05) is 6.54 Å². The number of carbonyl (C=O) groups is 3. The number of hydrogen-bond acceptors (Lipinski definition) is 5. The summed E-state index contributed by atoms with van der Waals surface area (Å²) >= 11 is 0. The molecule has 0 aromatic rings. The molecule has 41 heavy (non-hydrogen) atoms. The van der Waals surface area contributed by atoms with Gasteiger partial charge in [-0.15, -0.1) is 0 Å². The number of nitrogens with zero attached hydrogens (tertiary/aromatic N) is 1. The molecule has 3 aliphatic carbocycles. The first kappa shape index (κ1) is 31.9. The van der Waals surface area contributed by atoms with Gasteiger partial charge in [0.15, 0.2) is 11.6 Å². The van der Waals surface area contributed by atoms with Crippen molar-refractivity contribution < 1.29 is 19.1 Å². The molecule has 0 aromatic heterocycles. The SMILES string of the molecule is CCNC(=O)[C@]1(CCC(C)(C)[C@]2(C)CC[C@H]3C(C)(C)C(=O)[C@]4(C#N)O[C@@H]4[C@]3(C)/C2=C/C(C)=O)CCC(C)(C)CC1C. The molecule has 0 aromatic carbocycles. The molecular formula is C35H54N2O4. The number of amides is 1. The smallest absolute Gasteiger partial charge is 0.240 e. The minimum absolute atomic E-state index is 0.0243. The maximum atomic E-state index is 13.7. The van der Waals surface area contributed by atoms with Crippen LogP contribution in [0.5, 0.6) is 0 Å². The van der Waals surface area contributed by atoms with E-state index in [-0.39, 0.29) is 45.6 Å². The summed E-state index contributed by atoms with van der Waals surface area (Å²) in [6, 6.07) is 2.24. The zero-order chi connectivity index (χ0) is 31.0. The van der Waals surface area contributed by atoms with Gasteiger partial charge >= 0.3 is 0 Å². The van der Waals surface area contributed by atoms with Gasteiger partial charge in [0.25, 0.3) is 0 Å². The van der Waals surface area contributed by atoms with Crippen molar-refractivity contribution in [2.45, 2.75) is 133 Å². The van der Waals surface area contributed by atoms with E-state index in [4.69, 9.17) is 4.74 Å². The number of hydrogen-bond donors (Lipinski definition) is 1. The normalized spacial score (nSPS) is 42.0. The van der Waals surface area contributed by atoms with E-state index >= 15 is 0 Å². The molecule has 1 unspecified atom stereocenters. The quantitative estimate of drug-likeness (QED) is 0.265. The number of carbonyl (C=O) groups excluding carboxylic acids is 3. The molecule has 1 amide bonds. The largest absolute Gasteiger partial charge is 0.356 e. The summed E-state index contributed by atoms with van der Waals surface area (Å²) < 4.78 is 6.10. The molecular weight excluding hydrogens is 512 g/mol. The Hall–Kier alpha value is -2.00. The summed E-state index contributed by atoms with van der Waals surface area (Å²) in [6.07, 6.45) is 7.46. The number of ether oxygens (including phenoxy) is 1. The molecule has 4 aliphatic rings. The number of ketones is 2. The topological polar surface area (TPSA) is 99.6 Å². The lowest BCUT2D eigenvalue weighted by Crippen LogP contribution is -2.62. The molecule has 228 valence electrons. The highest BCUT2D eigenvalue weighted by molar-refractivity contribution is 6.00. The molecule has 0 bridgehead atoms. The van der Waals surface area contributed by atoms with Gasteiger partial charge in [0.1, 0.15) is 12.2 Å². The Morgan fingerprint density at radius 1 is 1.12 bits per heavy atom. The zero-order valence-corrected chi connectivity index (χ0v) is 27.5. The second-order valence-corrected chi connectivity index (χ2v) is 16.4. The number of nitrogens with one attached hydrogen (secondary N) is 1. The Bertz CT molecular complexity index is 1210. The van der Waals surface area contributed by atoms with Crippen LogP contribution in [0.2, 0.25) is 0 Å². The van der Waals surface area contributed by atoms with Crippen molar-refractivity contribution in [3.63, 3.8) is 0 Å². The Kier molecular flexibility index (Phi) is 7.60. The van der Waals surface area contributed by atoms with Crippen LogP contribution in [0.3, 0.4) is 0 Å². The molecule has 1 heterocycles. The number of nitriles is 1. The van der Waals surface area contributed by atoms with Crippen LogP contribution in [-0.4, -0.2) is 35.7 Å². The fraction of sp³-hybridized carbons (Fsp3) is 0.829. The molecule has 7 atom stereocenters. The van der Waals surface area contributed by atoms with Crippen LogP contribution in [0.15, 0.2) is 11.6 Å². The minimum atomic E-state index is -1.43. The van der Waals surface area contributed by atoms with Crippen molar-refractivity contribution >= 4 is 17.5 Å². The van der Waals surface area contributed by atoms with E-state index in [0.29, 0.717) is 6.54 Å². The van der Waals surface area contributed by atoms with Crippen LogP contribution < -0.4 is 5.32 Å². The lowest BCUT2D eigenvalue weighted by atomic mass is 9.40. The summed E-state index contributed by atoms with van der Waals surface area (Å²) in [6.45, 7) is 24.0. The Morgan fingerprint density at radius 2 is 1.76 bits per heavy atom. The fourth-order valence-corrected chi connectivity index (χ4v) is 9.85. The van der Waals surface area contributed by atoms with Crippen LogP contribution in [0.1, 0.15) is 121 Å². The minimum Gasteiger partial charge on any atom is -0.356 e. The summed E-state index contributed by atoms with van der Waals surface area (Å²) in [4.78, 5) is 40.2. The lowest BCUT2D eigenvalue weighted by Gasteiger charge is -2.62. The van der Waals surface area contributed by atoms with Crippen molar-refractivity contribution in [1.29, 1.82) is 5.26 Å². The molecule has 1 N–H and O–H groups in total. The average molecular weight is 567 g/mol. The average Bonchev–Trinajstić information content (AvgIpc) is 3.62. The first-order chi connectivity index (χ1) is 18.7. The number of fused-ring (bicyclic) bond motifs is 3. The number of rotatable bonds is 7. The zero-order valence-electron chi connectivity index (χ0n) is 27.5. The van der Waals surface area contributed by atoms with Gasteiger partial charge in [-0.25, -0.2) is 0 Å². The van der Waals surface area contributed by atoms with E-state index in [9.17, 15) is 19.6 Å². The molecule has 0 spiro atoms. The molecule has 1 saturated heterocycles. The van der Waals surface area contributed by atoms with E-state index in [2.05, 4.69) is 59.9 Å². The highest BCUT2D eigenvalue weighted by Gasteiger charge is 2.81. The Labute approximate surface area is 248 Å². The predicted octanol–water partition coefficient (Wildman–Crippen LogP) is 6.97. The van der Waals surface area contributed by atoms with Gasteiger partial charge in [-0.05, 0) is 93.0 Å². The van der Waals surface area contributed by atoms with Gasteiger partial charge < -0.3 is 10.1 Å². The monoisotopic (exact) mass is 566 g/mol. The number of allylic oxidation sites excluding steroid dienone is 1. The number of epoxide rings is 1. The van der Waals surface area contributed by atoms with Crippen LogP contribution in [-0.2, 0) is 19.1 Å². The maximum absolute atomic E-state index is 13.7. The third-order valence-corrected chi connectivity index (χ3v) is 12.8. The standard InChI is InChI=1S/C35H54N2O4/c1-12-37-28(40)34(17-15-29(4,5)20-22(34)2)18-16-30(6,7)32(10)14-13-24-31(8,9)26(39)35(21-36)27(41-35)33(24,11)25(32)19-23(3)38/h19,22,24,27H,12-18,20H2,1-11H3,(H,37,40)/b25-19+/t22?,24-,27+,32+,33-,34-,35-/m0/s1. The van der Waals surface area contributed by atoms with Gasteiger partial charge in [0.05, 0.1) is 5.41 Å². The van der Waals surface area contributed by atoms with E-state index in [1.807, 2.05) is 20.8 Å². The van der Waals surface area contributed by atoms with Gasteiger partial charge in [0.2, 0.25) is 11.5 Å². The van der Waals surface area contributed by atoms with Gasteiger partial charge in [-0.1, -0.05) is 67.9 Å². The molecule has 6 heteroatoms. The molecule has 3 saturated carbocycles. The summed E-state index contributed by atoms with van der Waals surface area (Å²) in [5.41, 5.74) is -2.61. The second kappa shape index (κ2) is 9.76. The van der Waals surface area contributed by atoms with Crippen LogP contribution >= 0.6 is 0 Å².